The minimum absolute atomic E-state index is 0.391. The van der Waals surface area contributed by atoms with Gasteiger partial charge in [0.15, 0.2) is 11.5 Å². The van der Waals surface area contributed by atoms with Gasteiger partial charge in [-0.2, -0.15) is 0 Å². The molecule has 0 aliphatic carbocycles. The number of alkyl halides is 1. The lowest BCUT2D eigenvalue weighted by atomic mass is 10.00. The van der Waals surface area contributed by atoms with Crippen LogP contribution in [0.25, 0.3) is 0 Å². The zero-order chi connectivity index (χ0) is 19.4. The summed E-state index contributed by atoms with van der Waals surface area (Å²) in [5.74, 6) is 0.863. The van der Waals surface area contributed by atoms with Gasteiger partial charge < -0.3 is 19.5 Å². The average Bonchev–Trinajstić information content (AvgIpc) is 2.49. The molecule has 0 radical (unpaired) electrons. The fraction of sp³-hybridized carbons (Fsp3) is 0.562. The lowest BCUT2D eigenvalue weighted by Crippen LogP contribution is -2.46. The van der Waals surface area contributed by atoms with Gasteiger partial charge in [0.2, 0.25) is 0 Å². The molecule has 0 aliphatic heterocycles. The van der Waals surface area contributed by atoms with E-state index in [9.17, 15) is 14.9 Å². The lowest BCUT2D eigenvalue weighted by Gasteiger charge is -2.28. The Kier molecular flexibility index (Phi) is 6.64. The number of ether oxygens (including phenoxy) is 3. The zero-order valence-electron chi connectivity index (χ0n) is 15.1. The number of nitro groups is 1. The van der Waals surface area contributed by atoms with E-state index in [0.29, 0.717) is 17.1 Å². The fourth-order valence-corrected chi connectivity index (χ4v) is 2.46. The molecule has 0 saturated heterocycles. The summed E-state index contributed by atoms with van der Waals surface area (Å²) in [5, 5.41) is 14.0. The van der Waals surface area contributed by atoms with E-state index in [1.54, 1.807) is 39.0 Å². The van der Waals surface area contributed by atoms with Crippen molar-refractivity contribution in [3.8, 4) is 11.5 Å². The van der Waals surface area contributed by atoms with Crippen LogP contribution in [0.5, 0.6) is 11.5 Å². The number of rotatable bonds is 6. The number of carbonyl (C=O) groups is 1. The highest BCUT2D eigenvalue weighted by atomic mass is 79.9. The van der Waals surface area contributed by atoms with Crippen LogP contribution in [-0.2, 0) is 4.74 Å². The second kappa shape index (κ2) is 7.90. The topological polar surface area (TPSA) is 99.9 Å². The summed E-state index contributed by atoms with van der Waals surface area (Å²) in [5.41, 5.74) is -0.275. The van der Waals surface area contributed by atoms with Crippen molar-refractivity contribution in [2.75, 3.05) is 14.2 Å². The summed E-state index contributed by atoms with van der Waals surface area (Å²) in [6.45, 7) is 6.47. The molecule has 1 rings (SSSR count). The summed E-state index contributed by atoms with van der Waals surface area (Å²) in [4.78, 5) is 23.1. The minimum Gasteiger partial charge on any atom is -0.493 e. The quantitative estimate of drug-likeness (QED) is 0.327. The molecular formula is C16H23BrN2O6. The number of hydrogen-bond acceptors (Lipinski definition) is 6. The Morgan fingerprint density at radius 2 is 1.76 bits per heavy atom. The molecule has 8 nitrogen and oxygen atoms in total. The molecule has 2 atom stereocenters. The van der Waals surface area contributed by atoms with Gasteiger partial charge in [-0.3, -0.25) is 10.1 Å². The van der Waals surface area contributed by atoms with E-state index < -0.39 is 27.1 Å². The van der Waals surface area contributed by atoms with E-state index in [1.165, 1.54) is 21.1 Å². The highest BCUT2D eigenvalue weighted by Crippen LogP contribution is 2.38. The summed E-state index contributed by atoms with van der Waals surface area (Å²) < 4.78 is 14.0. The van der Waals surface area contributed by atoms with Gasteiger partial charge in [0.05, 0.1) is 14.2 Å². The highest BCUT2D eigenvalue weighted by Gasteiger charge is 2.46. The zero-order valence-corrected chi connectivity index (χ0v) is 16.7. The van der Waals surface area contributed by atoms with Gasteiger partial charge >= 0.3 is 6.09 Å². The van der Waals surface area contributed by atoms with E-state index in [2.05, 4.69) is 21.2 Å². The first-order chi connectivity index (χ1) is 11.4. The molecule has 0 bridgehead atoms. The van der Waals surface area contributed by atoms with Crippen LogP contribution in [0, 0.1) is 10.1 Å². The lowest BCUT2D eigenvalue weighted by molar-refractivity contribution is -0.536. The van der Waals surface area contributed by atoms with Crippen LogP contribution in [0.1, 0.15) is 39.3 Å². The number of amides is 1. The van der Waals surface area contributed by atoms with Crippen molar-refractivity contribution >= 4 is 22.0 Å². The summed E-state index contributed by atoms with van der Waals surface area (Å²) >= 11 is 3.10. The molecule has 0 aromatic heterocycles. The first kappa shape index (κ1) is 21.0. The second-order valence-electron chi connectivity index (χ2n) is 6.47. The summed E-state index contributed by atoms with van der Waals surface area (Å²) in [6, 6.07) is 3.79. The standard InChI is InChI=1S/C16H23BrN2O6/c1-15(2,3)25-14(20)18-13(16(4,17)19(21)22)10-7-8-11(23-5)12(9-10)24-6/h7-9,13H,1-6H3,(H,18,20)/t13-,16+/m1/s1. The van der Waals surface area contributed by atoms with Crippen LogP contribution in [0.4, 0.5) is 4.79 Å². The van der Waals surface area contributed by atoms with Crippen molar-refractivity contribution < 1.29 is 23.9 Å². The molecule has 140 valence electrons. The maximum atomic E-state index is 12.2. The van der Waals surface area contributed by atoms with E-state index >= 15 is 0 Å². The van der Waals surface area contributed by atoms with Gasteiger partial charge in [-0.25, -0.2) is 4.79 Å². The third-order valence-corrected chi connectivity index (χ3v) is 4.03. The Morgan fingerprint density at radius 3 is 2.20 bits per heavy atom. The highest BCUT2D eigenvalue weighted by molar-refractivity contribution is 9.10. The molecule has 1 amide bonds. The number of hydrogen-bond donors (Lipinski definition) is 1. The maximum absolute atomic E-state index is 12.2. The summed E-state index contributed by atoms with van der Waals surface area (Å²) in [7, 11) is 2.94. The predicted octanol–water partition coefficient (Wildman–Crippen LogP) is 3.66. The van der Waals surface area contributed by atoms with Crippen molar-refractivity contribution in [2.24, 2.45) is 0 Å². The first-order valence-electron chi connectivity index (χ1n) is 7.47. The van der Waals surface area contributed by atoms with Crippen molar-refractivity contribution in [2.45, 2.75) is 43.8 Å². The van der Waals surface area contributed by atoms with Crippen molar-refractivity contribution in [3.05, 3.63) is 33.9 Å². The molecule has 0 fully saturated rings. The van der Waals surface area contributed by atoms with Gasteiger partial charge in [-0.05, 0) is 38.5 Å². The Morgan fingerprint density at radius 1 is 1.20 bits per heavy atom. The third kappa shape index (κ3) is 5.48. The Hall–Kier alpha value is -2.03. The molecule has 0 spiro atoms. The number of nitrogens with one attached hydrogen (secondary N) is 1. The predicted molar refractivity (Wildman–Crippen MR) is 96.0 cm³/mol. The normalized spacial score (nSPS) is 14.8. The van der Waals surface area contributed by atoms with Crippen LogP contribution in [0.15, 0.2) is 18.2 Å². The van der Waals surface area contributed by atoms with Gasteiger partial charge in [0.25, 0.3) is 4.45 Å². The maximum Gasteiger partial charge on any atom is 0.408 e. The van der Waals surface area contributed by atoms with E-state index in [0.717, 1.165) is 0 Å². The molecule has 0 saturated carbocycles. The van der Waals surface area contributed by atoms with Crippen LogP contribution in [0.3, 0.4) is 0 Å². The van der Waals surface area contributed by atoms with Gasteiger partial charge in [-0.1, -0.05) is 6.07 Å². The Labute approximate surface area is 155 Å². The SMILES string of the molecule is COc1ccc([C@@H](NC(=O)OC(C)(C)C)[C@@](C)(Br)[N+](=O)[O-])cc1OC. The number of methoxy groups -OCH3 is 2. The third-order valence-electron chi connectivity index (χ3n) is 3.29. The molecule has 0 heterocycles. The number of benzene rings is 1. The minimum atomic E-state index is -1.66. The van der Waals surface area contributed by atoms with Gasteiger partial charge in [0, 0.05) is 27.8 Å². The number of halogens is 1. The average molecular weight is 419 g/mol. The largest absolute Gasteiger partial charge is 0.493 e. The smallest absolute Gasteiger partial charge is 0.408 e. The monoisotopic (exact) mass is 418 g/mol. The number of carbonyl (C=O) groups excluding carboxylic acids is 1. The Balaban J connectivity index is 3.28. The molecule has 1 aromatic rings. The molecule has 1 N–H and O–H groups in total. The van der Waals surface area contributed by atoms with Gasteiger partial charge in [-0.15, -0.1) is 0 Å². The van der Waals surface area contributed by atoms with E-state index in [1.807, 2.05) is 0 Å². The fourth-order valence-electron chi connectivity index (χ4n) is 2.08. The number of nitrogens with zero attached hydrogens (tertiary/aromatic N) is 1. The van der Waals surface area contributed by atoms with E-state index in [-0.39, 0.29) is 0 Å². The van der Waals surface area contributed by atoms with Crippen LogP contribution in [-0.4, -0.2) is 35.3 Å². The molecule has 25 heavy (non-hydrogen) atoms. The molecule has 1 aromatic carbocycles. The van der Waals surface area contributed by atoms with Crippen molar-refractivity contribution in [1.29, 1.82) is 0 Å². The van der Waals surface area contributed by atoms with Crippen LogP contribution >= 0.6 is 15.9 Å². The van der Waals surface area contributed by atoms with E-state index in [4.69, 9.17) is 14.2 Å². The van der Waals surface area contributed by atoms with Crippen LogP contribution in [0.2, 0.25) is 0 Å². The second-order valence-corrected chi connectivity index (χ2v) is 8.08. The molecule has 0 unspecified atom stereocenters. The van der Waals surface area contributed by atoms with Crippen molar-refractivity contribution in [3.63, 3.8) is 0 Å². The Bertz CT molecular complexity index is 642. The van der Waals surface area contributed by atoms with Gasteiger partial charge in [0.1, 0.15) is 11.6 Å². The summed E-state index contributed by atoms with van der Waals surface area (Å²) in [6.07, 6.45) is -0.764. The van der Waals surface area contributed by atoms with Crippen LogP contribution < -0.4 is 14.8 Å². The molecule has 0 aliphatic rings. The number of alkyl carbamates (subject to hydrolysis) is 1. The van der Waals surface area contributed by atoms with Crippen molar-refractivity contribution in [1.82, 2.24) is 5.32 Å². The molecule has 9 heteroatoms. The first-order valence-corrected chi connectivity index (χ1v) is 8.26. The molecular weight excluding hydrogens is 396 g/mol.